The van der Waals surface area contributed by atoms with Crippen molar-refractivity contribution in [3.05, 3.63) is 58.4 Å². The second kappa shape index (κ2) is 10.0. The zero-order chi connectivity index (χ0) is 33.1. The van der Waals surface area contributed by atoms with Crippen molar-refractivity contribution in [2.24, 2.45) is 17.8 Å². The molecule has 0 bridgehead atoms. The number of hydrogen-bond donors (Lipinski definition) is 1. The fourth-order valence-electron chi connectivity index (χ4n) is 7.25. The van der Waals surface area contributed by atoms with E-state index in [0.717, 1.165) is 17.0 Å². The Morgan fingerprint density at radius 1 is 0.844 bits per heavy atom. The smallest absolute Gasteiger partial charge is 0.258 e. The van der Waals surface area contributed by atoms with Crippen molar-refractivity contribution in [2.45, 2.75) is 28.5 Å². The molecule has 4 aliphatic rings. The Kier molecular flexibility index (Phi) is 6.94. The molecule has 6 unspecified atom stereocenters. The Morgan fingerprint density at radius 3 is 1.91 bits per heavy atom. The normalized spacial score (nSPS) is 30.8. The Balaban J connectivity index is 1.67. The van der Waals surface area contributed by atoms with E-state index in [0.29, 0.717) is 0 Å². The second-order valence-corrected chi connectivity index (χ2v) is 12.4. The van der Waals surface area contributed by atoms with Crippen LogP contribution in [0.1, 0.15) is 24.3 Å². The number of nitrogens with zero attached hydrogens (tertiary/aromatic N) is 2. The molecule has 9 nitrogen and oxygen atoms in total. The van der Waals surface area contributed by atoms with Gasteiger partial charge in [-0.2, -0.15) is 0 Å². The van der Waals surface area contributed by atoms with Crippen LogP contribution in [-0.4, -0.2) is 64.7 Å². The number of amides is 4. The van der Waals surface area contributed by atoms with Crippen molar-refractivity contribution in [1.82, 2.24) is 4.90 Å². The number of carbonyl (C=O) groups excluding carboxylic acids is 4. The summed E-state index contributed by atoms with van der Waals surface area (Å²) in [7, 11) is 3.65. The van der Waals surface area contributed by atoms with Gasteiger partial charge >= 0.3 is 0 Å². The fourth-order valence-corrected chi connectivity index (χ4v) is 8.17. The van der Waals surface area contributed by atoms with Gasteiger partial charge in [-0.05, 0) is 18.8 Å². The molecule has 2 aliphatic carbocycles. The first-order chi connectivity index (χ1) is 21.1. The molecule has 238 valence electrons. The highest BCUT2D eigenvalue weighted by atomic mass is 35.5. The number of alkyl halides is 2. The van der Waals surface area contributed by atoms with E-state index < -0.39 is 98.2 Å². The molecule has 45 heavy (non-hydrogen) atoms. The van der Waals surface area contributed by atoms with Crippen LogP contribution < -0.4 is 14.4 Å². The van der Waals surface area contributed by atoms with Crippen LogP contribution in [0.3, 0.4) is 0 Å². The second-order valence-electron chi connectivity index (χ2n) is 11.2. The molecule has 0 spiro atoms. The molecule has 1 N–H and O–H groups in total. The molecule has 1 saturated carbocycles. The standard InChI is InChI=1S/C29H21Cl2F5N2O7/c1-37-24(40)11-5-4-10-12(15(11)25(37)41)8-28(30)26(42)38(23-21(35)19(33)18(32)20(34)22(23)36)27(43)29(28,31)17(10)16-13(44-2)6-9(39)7-14(16)45-3/h4,6-7,11-12,15,17,39H,5,8H2,1-3H3. The van der Waals surface area contributed by atoms with Crippen molar-refractivity contribution < 1.29 is 55.7 Å². The minimum absolute atomic E-state index is 0.0175. The predicted molar refractivity (Wildman–Crippen MR) is 145 cm³/mol. The summed E-state index contributed by atoms with van der Waals surface area (Å²) in [4.78, 5) is 50.0. The first kappa shape index (κ1) is 31.1. The summed E-state index contributed by atoms with van der Waals surface area (Å²) in [6.07, 6.45) is 0.871. The van der Waals surface area contributed by atoms with Crippen molar-refractivity contribution >= 4 is 52.5 Å². The topological polar surface area (TPSA) is 113 Å². The van der Waals surface area contributed by atoms with Crippen LogP contribution in [0.25, 0.3) is 0 Å². The minimum Gasteiger partial charge on any atom is -0.508 e. The third kappa shape index (κ3) is 3.72. The first-order valence-electron chi connectivity index (χ1n) is 13.3. The molecule has 4 amide bonds. The lowest BCUT2D eigenvalue weighted by atomic mass is 9.56. The maximum atomic E-state index is 15.1. The van der Waals surface area contributed by atoms with Crippen LogP contribution in [0.15, 0.2) is 23.8 Å². The number of hydrogen-bond acceptors (Lipinski definition) is 7. The molecule has 0 radical (unpaired) electrons. The van der Waals surface area contributed by atoms with Crippen LogP contribution in [0.4, 0.5) is 27.6 Å². The Labute approximate surface area is 261 Å². The van der Waals surface area contributed by atoms with Crippen LogP contribution >= 0.6 is 23.2 Å². The molecule has 2 aromatic carbocycles. The summed E-state index contributed by atoms with van der Waals surface area (Å²) in [5.74, 6) is -22.1. The van der Waals surface area contributed by atoms with Crippen LogP contribution in [0.5, 0.6) is 17.2 Å². The van der Waals surface area contributed by atoms with Crippen LogP contribution in [0.2, 0.25) is 0 Å². The minimum atomic E-state index is -2.77. The van der Waals surface area contributed by atoms with Gasteiger partial charge in [-0.1, -0.05) is 11.6 Å². The van der Waals surface area contributed by atoms with Gasteiger partial charge < -0.3 is 14.6 Å². The number of likely N-dealkylation sites (tertiary alicyclic amines) is 1. The molecule has 2 heterocycles. The summed E-state index contributed by atoms with van der Waals surface area (Å²) < 4.78 is 83.8. The summed E-state index contributed by atoms with van der Waals surface area (Å²) >= 11 is 14.1. The molecule has 6 rings (SSSR count). The zero-order valence-electron chi connectivity index (χ0n) is 23.4. The number of benzene rings is 2. The molecule has 2 saturated heterocycles. The lowest BCUT2D eigenvalue weighted by Crippen LogP contribution is -2.60. The summed E-state index contributed by atoms with van der Waals surface area (Å²) in [6.45, 7) is 0. The highest BCUT2D eigenvalue weighted by Gasteiger charge is 2.77. The van der Waals surface area contributed by atoms with Crippen molar-refractivity contribution in [1.29, 1.82) is 0 Å². The number of phenols is 1. The average Bonchev–Trinajstić information content (AvgIpc) is 3.32. The largest absolute Gasteiger partial charge is 0.508 e. The number of anilines is 1. The molecule has 6 atom stereocenters. The van der Waals surface area contributed by atoms with E-state index in [1.807, 2.05) is 0 Å². The van der Waals surface area contributed by atoms with Gasteiger partial charge in [0.25, 0.3) is 11.8 Å². The molecule has 2 aliphatic heterocycles. The van der Waals surface area contributed by atoms with Gasteiger partial charge in [-0.3, -0.25) is 24.1 Å². The summed E-state index contributed by atoms with van der Waals surface area (Å²) in [6, 6.07) is 2.23. The number of carbonyl (C=O) groups is 4. The number of methoxy groups -OCH3 is 2. The van der Waals surface area contributed by atoms with Gasteiger partial charge in [0.1, 0.15) is 22.9 Å². The fraction of sp³-hybridized carbons (Fsp3) is 0.379. The number of aromatic hydroxyl groups is 1. The van der Waals surface area contributed by atoms with Crippen LogP contribution in [0, 0.1) is 46.8 Å². The number of rotatable bonds is 4. The Morgan fingerprint density at radius 2 is 1.38 bits per heavy atom. The van der Waals surface area contributed by atoms with Gasteiger partial charge in [0.2, 0.25) is 17.6 Å². The van der Waals surface area contributed by atoms with Gasteiger partial charge in [0.15, 0.2) is 33.0 Å². The number of allylic oxidation sites excluding steroid dienone is 2. The van der Waals surface area contributed by atoms with Gasteiger partial charge in [0, 0.05) is 30.7 Å². The molecule has 16 heteroatoms. The summed E-state index contributed by atoms with van der Waals surface area (Å²) in [5, 5.41) is 10.3. The molecule has 2 aromatic rings. The highest BCUT2D eigenvalue weighted by Crippen LogP contribution is 2.67. The number of imide groups is 2. The number of phenolic OH excluding ortho intramolecular Hbond substituents is 1. The van der Waals surface area contributed by atoms with E-state index in [-0.39, 0.29) is 39.7 Å². The monoisotopic (exact) mass is 674 g/mol. The van der Waals surface area contributed by atoms with E-state index in [9.17, 15) is 37.5 Å². The Hall–Kier alpha value is -3.91. The van der Waals surface area contributed by atoms with Gasteiger partial charge in [0.05, 0.1) is 26.1 Å². The maximum Gasteiger partial charge on any atom is 0.258 e. The molecule has 0 aromatic heterocycles. The van der Waals surface area contributed by atoms with Gasteiger partial charge in [-0.15, -0.1) is 23.2 Å². The van der Waals surface area contributed by atoms with E-state index in [1.165, 1.54) is 27.3 Å². The van der Waals surface area contributed by atoms with E-state index in [1.54, 1.807) is 0 Å². The SMILES string of the molecule is COc1cc(O)cc(OC)c1C1C2=CCC3C(=O)N(C)C(=O)C3C2CC2(Cl)C(=O)N(c3c(F)c(F)c(F)c(F)c3F)C(=O)C12Cl. The number of halogens is 7. The third-order valence-electron chi connectivity index (χ3n) is 9.26. The molecular weight excluding hydrogens is 654 g/mol. The maximum absolute atomic E-state index is 15.1. The number of fused-ring (bicyclic) bond motifs is 4. The highest BCUT2D eigenvalue weighted by molar-refractivity contribution is 6.58. The van der Waals surface area contributed by atoms with Crippen molar-refractivity contribution in [2.75, 3.05) is 26.2 Å². The number of ether oxygens (including phenoxy) is 2. The quantitative estimate of drug-likeness (QED) is 0.129. The summed E-state index contributed by atoms with van der Waals surface area (Å²) in [5.41, 5.74) is -1.76. The Bertz CT molecular complexity index is 1740. The van der Waals surface area contributed by atoms with Crippen molar-refractivity contribution in [3.8, 4) is 17.2 Å². The predicted octanol–water partition coefficient (Wildman–Crippen LogP) is 4.30. The lowest BCUT2D eigenvalue weighted by Gasteiger charge is -2.51. The molecule has 3 fully saturated rings. The third-order valence-corrected chi connectivity index (χ3v) is 10.7. The van der Waals surface area contributed by atoms with Gasteiger partial charge in [-0.25, -0.2) is 26.9 Å². The van der Waals surface area contributed by atoms with Crippen LogP contribution in [-0.2, 0) is 19.2 Å². The average molecular weight is 675 g/mol. The van der Waals surface area contributed by atoms with E-state index in [2.05, 4.69) is 0 Å². The zero-order valence-corrected chi connectivity index (χ0v) is 24.9. The first-order valence-corrected chi connectivity index (χ1v) is 14.1. The van der Waals surface area contributed by atoms with E-state index in [4.69, 9.17) is 32.7 Å². The van der Waals surface area contributed by atoms with Crippen molar-refractivity contribution in [3.63, 3.8) is 0 Å². The van der Waals surface area contributed by atoms with E-state index >= 15 is 8.78 Å². The lowest BCUT2D eigenvalue weighted by molar-refractivity contribution is -0.138. The molecular formula is C29H21Cl2F5N2O7.